The summed E-state index contributed by atoms with van der Waals surface area (Å²) in [5.74, 6) is -0.969. The van der Waals surface area contributed by atoms with E-state index < -0.39 is 17.6 Å². The fourth-order valence-corrected chi connectivity index (χ4v) is 3.50. The molecule has 0 aliphatic carbocycles. The van der Waals surface area contributed by atoms with Crippen molar-refractivity contribution in [2.24, 2.45) is 0 Å². The Morgan fingerprint density at radius 1 is 1.21 bits per heavy atom. The summed E-state index contributed by atoms with van der Waals surface area (Å²) in [4.78, 5) is 4.08. The number of benzene rings is 1. The van der Waals surface area contributed by atoms with Crippen LogP contribution in [0.5, 0.6) is 0 Å². The highest BCUT2D eigenvalue weighted by Crippen LogP contribution is 2.35. The second-order valence-electron chi connectivity index (χ2n) is 6.95. The molecule has 1 aliphatic heterocycles. The van der Waals surface area contributed by atoms with Crippen LogP contribution in [0.2, 0.25) is 0 Å². The average Bonchev–Trinajstić information content (AvgIpc) is 2.88. The molecule has 9 heteroatoms. The van der Waals surface area contributed by atoms with E-state index in [1.165, 1.54) is 10.7 Å². The van der Waals surface area contributed by atoms with Crippen molar-refractivity contribution in [1.29, 1.82) is 0 Å². The van der Waals surface area contributed by atoms with Gasteiger partial charge in [-0.2, -0.15) is 18.3 Å². The summed E-state index contributed by atoms with van der Waals surface area (Å²) >= 11 is 0. The van der Waals surface area contributed by atoms with Crippen LogP contribution in [0.4, 0.5) is 23.4 Å². The van der Waals surface area contributed by atoms with Crippen LogP contribution in [0, 0.1) is 5.82 Å². The molecule has 3 aromatic rings. The normalized spacial score (nSPS) is 17.1. The minimum atomic E-state index is -4.80. The third-order valence-electron chi connectivity index (χ3n) is 4.88. The van der Waals surface area contributed by atoms with Crippen molar-refractivity contribution in [3.8, 4) is 16.9 Å². The van der Waals surface area contributed by atoms with E-state index in [2.05, 4.69) is 10.1 Å². The third kappa shape index (κ3) is 3.69. The summed E-state index contributed by atoms with van der Waals surface area (Å²) in [6.07, 6.45) is -2.35. The molecule has 2 aromatic heterocycles. The fourth-order valence-electron chi connectivity index (χ4n) is 3.50. The molecule has 1 atom stereocenters. The minimum absolute atomic E-state index is 0.133. The first-order chi connectivity index (χ1) is 13.7. The van der Waals surface area contributed by atoms with E-state index >= 15 is 0 Å². The first-order valence-corrected chi connectivity index (χ1v) is 9.05. The number of nitrogens with two attached hydrogens (primary N) is 1. The van der Waals surface area contributed by atoms with E-state index in [0.717, 1.165) is 23.4 Å². The van der Waals surface area contributed by atoms with Crippen molar-refractivity contribution in [1.82, 2.24) is 14.8 Å². The molecule has 0 bridgehead atoms. The molecule has 0 amide bonds. The van der Waals surface area contributed by atoms with Gasteiger partial charge in [-0.1, -0.05) is 0 Å². The average molecular weight is 406 g/mol. The highest BCUT2D eigenvalue weighted by Gasteiger charge is 2.35. The zero-order valence-corrected chi connectivity index (χ0v) is 15.5. The quantitative estimate of drug-likeness (QED) is 0.649. The first kappa shape index (κ1) is 19.4. The molecule has 4 rings (SSSR count). The highest BCUT2D eigenvalue weighted by atomic mass is 19.4. The predicted octanol–water partition coefficient (Wildman–Crippen LogP) is 4.18. The zero-order valence-electron chi connectivity index (χ0n) is 15.5. The van der Waals surface area contributed by atoms with Gasteiger partial charge < -0.3 is 10.5 Å². The van der Waals surface area contributed by atoms with Gasteiger partial charge in [0, 0.05) is 23.7 Å². The lowest BCUT2D eigenvalue weighted by Gasteiger charge is -2.14. The molecule has 0 radical (unpaired) electrons. The number of nitrogens with zero attached hydrogens (tertiary/aromatic N) is 3. The van der Waals surface area contributed by atoms with Crippen molar-refractivity contribution >= 4 is 5.82 Å². The summed E-state index contributed by atoms with van der Waals surface area (Å²) in [6, 6.07) is 6.28. The van der Waals surface area contributed by atoms with Gasteiger partial charge in [0.2, 0.25) is 0 Å². The molecule has 0 fully saturated rings. The van der Waals surface area contributed by atoms with E-state index in [9.17, 15) is 17.6 Å². The number of nitrogen functional groups attached to an aromatic ring is 1. The van der Waals surface area contributed by atoms with Gasteiger partial charge in [-0.05, 0) is 43.7 Å². The van der Waals surface area contributed by atoms with Gasteiger partial charge in [-0.15, -0.1) is 0 Å². The number of rotatable bonds is 2. The number of halogens is 4. The molecule has 0 saturated heterocycles. The van der Waals surface area contributed by atoms with Crippen molar-refractivity contribution in [3.63, 3.8) is 0 Å². The van der Waals surface area contributed by atoms with Crippen LogP contribution in [0.15, 0.2) is 36.5 Å². The van der Waals surface area contributed by atoms with Crippen molar-refractivity contribution in [3.05, 3.63) is 59.2 Å². The van der Waals surface area contributed by atoms with Gasteiger partial charge in [0.1, 0.15) is 11.6 Å². The number of aromatic nitrogens is 3. The second-order valence-corrected chi connectivity index (χ2v) is 6.95. The molecular weight excluding hydrogens is 388 g/mol. The summed E-state index contributed by atoms with van der Waals surface area (Å²) < 4.78 is 60.6. The summed E-state index contributed by atoms with van der Waals surface area (Å²) in [5.41, 5.74) is 7.37. The Hall–Kier alpha value is -2.94. The van der Waals surface area contributed by atoms with Crippen molar-refractivity contribution < 1.29 is 22.3 Å². The van der Waals surface area contributed by atoms with Gasteiger partial charge in [0.15, 0.2) is 0 Å². The van der Waals surface area contributed by atoms with E-state index in [4.69, 9.17) is 10.5 Å². The number of pyridine rings is 1. The first-order valence-electron chi connectivity index (χ1n) is 9.05. The smallest absolute Gasteiger partial charge is 0.384 e. The molecule has 2 N–H and O–H groups in total. The molecule has 3 heterocycles. The molecule has 0 unspecified atom stereocenters. The van der Waals surface area contributed by atoms with E-state index in [1.54, 1.807) is 18.3 Å². The number of alkyl halides is 3. The number of ether oxygens (including phenoxy) is 1. The van der Waals surface area contributed by atoms with Gasteiger partial charge >= 0.3 is 6.18 Å². The van der Waals surface area contributed by atoms with Gasteiger partial charge in [-0.3, -0.25) is 0 Å². The molecule has 0 spiro atoms. The predicted molar refractivity (Wildman–Crippen MR) is 99.0 cm³/mol. The summed E-state index contributed by atoms with van der Waals surface area (Å²) in [6.45, 7) is 2.36. The Labute approximate surface area is 164 Å². The summed E-state index contributed by atoms with van der Waals surface area (Å²) in [7, 11) is 0. The van der Waals surface area contributed by atoms with E-state index in [1.807, 2.05) is 6.92 Å². The van der Waals surface area contributed by atoms with Crippen LogP contribution in [-0.2, 0) is 23.8 Å². The number of hydrogen-bond acceptors (Lipinski definition) is 4. The Kier molecular flexibility index (Phi) is 4.77. The molecule has 29 heavy (non-hydrogen) atoms. The number of anilines is 1. The van der Waals surface area contributed by atoms with Crippen LogP contribution in [0.3, 0.4) is 0 Å². The SMILES string of the molecule is C[C@@H]1Cc2c(c(-c3ccc(N)nc3)nn2-c2ccc(F)c(C(F)(F)F)c2)CCO1. The zero-order chi connectivity index (χ0) is 20.8. The molecule has 1 aromatic carbocycles. The second kappa shape index (κ2) is 7.14. The van der Waals surface area contributed by atoms with Crippen molar-refractivity contribution in [2.75, 3.05) is 12.3 Å². The Morgan fingerprint density at radius 3 is 2.69 bits per heavy atom. The maximum atomic E-state index is 13.8. The molecule has 5 nitrogen and oxygen atoms in total. The molecular formula is C20H18F4N4O. The lowest BCUT2D eigenvalue weighted by Crippen LogP contribution is -2.14. The molecule has 0 saturated carbocycles. The number of hydrogen-bond donors (Lipinski definition) is 1. The Bertz CT molecular complexity index is 1040. The highest BCUT2D eigenvalue weighted by molar-refractivity contribution is 5.65. The standard InChI is InChI=1S/C20H18F4N4O/c1-11-8-17-14(6-7-29-11)19(12-2-5-18(25)26-10-12)27-28(17)13-3-4-16(21)15(9-13)20(22,23)24/h2-5,9-11H,6-8H2,1H3,(H2,25,26)/t11-/m1/s1. The van der Waals surface area contributed by atoms with Crippen LogP contribution in [-0.4, -0.2) is 27.5 Å². The minimum Gasteiger partial charge on any atom is -0.384 e. The van der Waals surface area contributed by atoms with Crippen LogP contribution in [0.1, 0.15) is 23.7 Å². The van der Waals surface area contributed by atoms with E-state index in [0.29, 0.717) is 36.5 Å². The van der Waals surface area contributed by atoms with E-state index in [-0.39, 0.29) is 11.8 Å². The van der Waals surface area contributed by atoms with Gasteiger partial charge in [0.05, 0.1) is 35.3 Å². The summed E-state index contributed by atoms with van der Waals surface area (Å²) in [5, 5.41) is 4.58. The molecule has 152 valence electrons. The van der Waals surface area contributed by atoms with Crippen molar-refractivity contribution in [2.45, 2.75) is 32.0 Å². The topological polar surface area (TPSA) is 66.0 Å². The largest absolute Gasteiger partial charge is 0.419 e. The lowest BCUT2D eigenvalue weighted by atomic mass is 10.0. The number of fused-ring (bicyclic) bond motifs is 1. The Balaban J connectivity index is 1.91. The van der Waals surface area contributed by atoms with Gasteiger partial charge in [-0.25, -0.2) is 14.1 Å². The fraction of sp³-hybridized carbons (Fsp3) is 0.300. The van der Waals surface area contributed by atoms with Gasteiger partial charge in [0.25, 0.3) is 0 Å². The van der Waals surface area contributed by atoms with Crippen LogP contribution >= 0.6 is 0 Å². The Morgan fingerprint density at radius 2 is 2.00 bits per heavy atom. The third-order valence-corrected chi connectivity index (χ3v) is 4.88. The maximum absolute atomic E-state index is 13.8. The monoisotopic (exact) mass is 406 g/mol. The van der Waals surface area contributed by atoms with Crippen LogP contribution in [0.25, 0.3) is 16.9 Å². The lowest BCUT2D eigenvalue weighted by molar-refractivity contribution is -0.140. The maximum Gasteiger partial charge on any atom is 0.419 e. The molecule has 1 aliphatic rings. The van der Waals surface area contributed by atoms with Crippen LogP contribution < -0.4 is 5.73 Å².